The Hall–Kier alpha value is -4.14. The molecule has 0 amide bonds. The molecule has 9 heteroatoms. The zero-order chi connectivity index (χ0) is 23.3. The van der Waals surface area contributed by atoms with E-state index >= 15 is 0 Å². The second-order valence-corrected chi connectivity index (χ2v) is 6.82. The normalized spacial score (nSPS) is 12.0. The lowest BCUT2D eigenvalue weighted by molar-refractivity contribution is -0.147. The van der Waals surface area contributed by atoms with E-state index in [9.17, 15) is 14.4 Å². The van der Waals surface area contributed by atoms with E-state index in [1.54, 1.807) is 49.4 Å². The molecule has 0 fully saturated rings. The van der Waals surface area contributed by atoms with Gasteiger partial charge in [0.2, 0.25) is 0 Å². The third-order valence-corrected chi connectivity index (χ3v) is 4.67. The second kappa shape index (κ2) is 9.78. The maximum atomic E-state index is 12.7. The van der Waals surface area contributed by atoms with Crippen LogP contribution in [0.1, 0.15) is 18.1 Å². The zero-order valence-corrected chi connectivity index (χ0v) is 18.0. The summed E-state index contributed by atoms with van der Waals surface area (Å²) in [7, 11) is 2.74. The Bertz CT molecular complexity index is 1310. The summed E-state index contributed by atoms with van der Waals surface area (Å²) >= 11 is 0. The number of aromatic amines is 1. The molecule has 9 nitrogen and oxygen atoms in total. The first kappa shape index (κ1) is 22.5. The van der Waals surface area contributed by atoms with E-state index in [0.717, 1.165) is 4.68 Å². The van der Waals surface area contributed by atoms with Gasteiger partial charge in [-0.1, -0.05) is 18.2 Å². The molecule has 1 aromatic heterocycles. The van der Waals surface area contributed by atoms with Gasteiger partial charge in [-0.25, -0.2) is 9.59 Å². The fourth-order valence-electron chi connectivity index (χ4n) is 3.12. The van der Waals surface area contributed by atoms with E-state index in [2.05, 4.69) is 16.7 Å². The highest BCUT2D eigenvalue weighted by atomic mass is 16.6. The highest BCUT2D eigenvalue weighted by Gasteiger charge is 2.20. The summed E-state index contributed by atoms with van der Waals surface area (Å²) in [6, 6.07) is 10.1. The van der Waals surface area contributed by atoms with Gasteiger partial charge in [0.15, 0.2) is 17.6 Å². The van der Waals surface area contributed by atoms with Gasteiger partial charge < -0.3 is 19.2 Å². The zero-order valence-electron chi connectivity index (χ0n) is 18.0. The second-order valence-electron chi connectivity index (χ2n) is 6.82. The van der Waals surface area contributed by atoms with E-state index in [1.807, 2.05) is 0 Å². The summed E-state index contributed by atoms with van der Waals surface area (Å²) in [5.41, 5.74) is 0.471. The van der Waals surface area contributed by atoms with Crippen LogP contribution in [-0.2, 0) is 16.0 Å². The molecule has 3 aromatic rings. The molecule has 0 aliphatic heterocycles. The predicted octanol–water partition coefficient (Wildman–Crippen LogP) is 2.25. The highest BCUT2D eigenvalue weighted by molar-refractivity contribution is 5.82. The van der Waals surface area contributed by atoms with Gasteiger partial charge in [-0.2, -0.15) is 5.10 Å². The third kappa shape index (κ3) is 4.61. The van der Waals surface area contributed by atoms with Crippen molar-refractivity contribution in [2.45, 2.75) is 19.4 Å². The lowest BCUT2D eigenvalue weighted by atomic mass is 10.1. The van der Waals surface area contributed by atoms with Crippen molar-refractivity contribution in [3.63, 3.8) is 0 Å². The topological polar surface area (TPSA) is 112 Å². The number of hydrogen-bond donors (Lipinski definition) is 1. The van der Waals surface area contributed by atoms with Crippen molar-refractivity contribution in [3.05, 3.63) is 81.0 Å². The Morgan fingerprint density at radius 1 is 1.25 bits per heavy atom. The van der Waals surface area contributed by atoms with Crippen LogP contribution in [0.5, 0.6) is 11.5 Å². The Morgan fingerprint density at radius 3 is 2.69 bits per heavy atom. The van der Waals surface area contributed by atoms with Crippen molar-refractivity contribution in [1.29, 1.82) is 0 Å². The van der Waals surface area contributed by atoms with E-state index in [1.165, 1.54) is 20.4 Å². The first-order chi connectivity index (χ1) is 15.4. The van der Waals surface area contributed by atoms with Crippen LogP contribution in [0.4, 0.5) is 0 Å². The van der Waals surface area contributed by atoms with Crippen molar-refractivity contribution in [1.82, 2.24) is 9.66 Å². The standard InChI is InChI=1S/C23H23N3O6/c1-5-8-16-11-15(12-19(30-3)20(16)32-14(2)22(28)31-4)13-24-26-21(27)17-9-6-7-10-18(17)25-23(26)29/h5-7,9-14H,1,8H2,2-4H3,(H,25,29)/t14-/m1/s1. The minimum absolute atomic E-state index is 0.342. The van der Waals surface area contributed by atoms with Gasteiger partial charge in [-0.3, -0.25) is 4.79 Å². The van der Waals surface area contributed by atoms with Crippen molar-refractivity contribution >= 4 is 23.1 Å². The van der Waals surface area contributed by atoms with E-state index in [4.69, 9.17) is 14.2 Å². The van der Waals surface area contributed by atoms with Crippen molar-refractivity contribution < 1.29 is 19.0 Å². The molecule has 0 spiro atoms. The number of carbonyl (C=O) groups excluding carboxylic acids is 1. The van der Waals surface area contributed by atoms with Crippen molar-refractivity contribution in [3.8, 4) is 11.5 Å². The summed E-state index contributed by atoms with van der Waals surface area (Å²) in [4.78, 5) is 39.4. The maximum Gasteiger partial charge on any atom is 0.349 e. The fourth-order valence-corrected chi connectivity index (χ4v) is 3.12. The molecule has 0 unspecified atom stereocenters. The number of methoxy groups -OCH3 is 2. The van der Waals surface area contributed by atoms with Gasteiger partial charge in [0, 0.05) is 5.56 Å². The van der Waals surface area contributed by atoms with Crippen LogP contribution in [0.3, 0.4) is 0 Å². The molecule has 32 heavy (non-hydrogen) atoms. The van der Waals surface area contributed by atoms with Gasteiger partial charge in [0.05, 0.1) is 31.3 Å². The molecule has 0 saturated carbocycles. The molecule has 166 valence electrons. The van der Waals surface area contributed by atoms with Gasteiger partial charge in [0.25, 0.3) is 5.56 Å². The number of ether oxygens (including phenoxy) is 3. The Kier molecular flexibility index (Phi) is 6.89. The Balaban J connectivity index is 2.05. The van der Waals surface area contributed by atoms with Gasteiger partial charge in [-0.05, 0) is 43.2 Å². The third-order valence-electron chi connectivity index (χ3n) is 4.67. The van der Waals surface area contributed by atoms with E-state index in [-0.39, 0.29) is 0 Å². The summed E-state index contributed by atoms with van der Waals surface area (Å²) in [6.45, 7) is 5.31. The maximum absolute atomic E-state index is 12.7. The van der Waals surface area contributed by atoms with Crippen LogP contribution in [0.25, 0.3) is 10.9 Å². The molecule has 1 atom stereocenters. The Labute approximate surface area is 183 Å². The number of benzene rings is 2. The van der Waals surface area contributed by atoms with E-state index in [0.29, 0.717) is 39.9 Å². The molecule has 0 aliphatic rings. The number of esters is 1. The van der Waals surface area contributed by atoms with Gasteiger partial charge in [-0.15, -0.1) is 11.3 Å². The summed E-state index contributed by atoms with van der Waals surface area (Å²) in [6.07, 6.45) is 2.60. The number of hydrogen-bond acceptors (Lipinski definition) is 7. The van der Waals surface area contributed by atoms with Crippen LogP contribution in [0, 0.1) is 0 Å². The summed E-state index contributed by atoms with van der Waals surface area (Å²) in [5, 5.41) is 4.42. The number of carbonyl (C=O) groups is 1. The minimum Gasteiger partial charge on any atom is -0.493 e. The number of nitrogens with zero attached hydrogens (tertiary/aromatic N) is 2. The number of H-pyrrole nitrogens is 1. The predicted molar refractivity (Wildman–Crippen MR) is 121 cm³/mol. The smallest absolute Gasteiger partial charge is 0.349 e. The van der Waals surface area contributed by atoms with E-state index < -0.39 is 23.3 Å². The van der Waals surface area contributed by atoms with Crippen LogP contribution in [0.15, 0.2) is 63.7 Å². The molecular formula is C23H23N3O6. The molecule has 0 bridgehead atoms. The molecule has 1 heterocycles. The molecule has 0 saturated heterocycles. The average Bonchev–Trinajstić information content (AvgIpc) is 2.79. The molecule has 3 rings (SSSR count). The number of fused-ring (bicyclic) bond motifs is 1. The van der Waals surface area contributed by atoms with Crippen molar-refractivity contribution in [2.24, 2.45) is 5.10 Å². The highest BCUT2D eigenvalue weighted by Crippen LogP contribution is 2.34. The van der Waals surface area contributed by atoms with Gasteiger partial charge in [0.1, 0.15) is 0 Å². The number of aromatic nitrogens is 2. The fraction of sp³-hybridized carbons (Fsp3) is 0.217. The first-order valence-electron chi connectivity index (χ1n) is 9.74. The lowest BCUT2D eigenvalue weighted by Gasteiger charge is -2.18. The summed E-state index contributed by atoms with van der Waals surface area (Å²) < 4.78 is 16.7. The number of nitrogens with one attached hydrogen (secondary N) is 1. The Morgan fingerprint density at radius 2 is 2.00 bits per heavy atom. The summed E-state index contributed by atoms with van der Waals surface area (Å²) in [5.74, 6) is 0.182. The molecule has 2 aromatic carbocycles. The molecular weight excluding hydrogens is 414 g/mol. The number of allylic oxidation sites excluding steroid dienone is 1. The molecule has 0 aliphatic carbocycles. The van der Waals surface area contributed by atoms with Crippen LogP contribution in [0.2, 0.25) is 0 Å². The number of para-hydroxylation sites is 1. The van der Waals surface area contributed by atoms with Crippen LogP contribution >= 0.6 is 0 Å². The monoisotopic (exact) mass is 437 g/mol. The first-order valence-corrected chi connectivity index (χ1v) is 9.74. The lowest BCUT2D eigenvalue weighted by Crippen LogP contribution is -2.32. The largest absolute Gasteiger partial charge is 0.493 e. The van der Waals surface area contributed by atoms with Gasteiger partial charge >= 0.3 is 11.7 Å². The van der Waals surface area contributed by atoms with Crippen LogP contribution < -0.4 is 20.7 Å². The SMILES string of the molecule is C=CCc1cc(C=Nn2c(=O)[nH]c3ccccc3c2=O)cc(OC)c1O[C@H](C)C(=O)OC. The minimum atomic E-state index is -0.855. The van der Waals surface area contributed by atoms with Crippen LogP contribution in [-0.4, -0.2) is 42.2 Å². The van der Waals surface area contributed by atoms with Crippen molar-refractivity contribution in [2.75, 3.05) is 14.2 Å². The molecule has 1 N–H and O–H groups in total. The quantitative estimate of drug-likeness (QED) is 0.329. The number of rotatable bonds is 8. The molecule has 0 radical (unpaired) electrons. The average molecular weight is 437 g/mol.